The molecule has 0 spiro atoms. The van der Waals surface area contributed by atoms with Crippen molar-refractivity contribution in [3.05, 3.63) is 23.9 Å². The normalized spacial score (nSPS) is 17.9. The van der Waals surface area contributed by atoms with Crippen LogP contribution in [0.15, 0.2) is 18.3 Å². The van der Waals surface area contributed by atoms with Crippen molar-refractivity contribution in [3.63, 3.8) is 0 Å². The van der Waals surface area contributed by atoms with Gasteiger partial charge in [0.1, 0.15) is 0 Å². The first-order valence-electron chi connectivity index (χ1n) is 7.19. The molecule has 0 unspecified atom stereocenters. The van der Waals surface area contributed by atoms with Gasteiger partial charge in [-0.25, -0.2) is 4.98 Å². The monoisotopic (exact) mass is 278 g/mol. The molecule has 1 fully saturated rings. The van der Waals surface area contributed by atoms with E-state index in [2.05, 4.69) is 10.3 Å². The zero-order valence-electron chi connectivity index (χ0n) is 11.9. The fraction of sp³-hybridized carbons (Fsp3) is 0.600. The van der Waals surface area contributed by atoms with E-state index in [1.54, 1.807) is 18.3 Å². The summed E-state index contributed by atoms with van der Waals surface area (Å²) in [5.41, 5.74) is 0.580. The number of hydrogen-bond donors (Lipinski definition) is 1. The SMILES string of the molecule is COc1cc(C(=O)NCCCC[C@H]2CCCO2)ccn1. The number of carbonyl (C=O) groups excluding carboxylic acids is 1. The third-order valence-corrected chi connectivity index (χ3v) is 3.47. The molecule has 1 aromatic heterocycles. The van der Waals surface area contributed by atoms with E-state index in [0.29, 0.717) is 24.1 Å². The molecule has 0 saturated carbocycles. The molecule has 110 valence electrons. The second-order valence-electron chi connectivity index (χ2n) is 4.97. The van der Waals surface area contributed by atoms with Crippen molar-refractivity contribution in [1.29, 1.82) is 0 Å². The average Bonchev–Trinajstić information content (AvgIpc) is 3.00. The van der Waals surface area contributed by atoms with E-state index in [1.165, 1.54) is 20.0 Å². The number of aromatic nitrogens is 1. The van der Waals surface area contributed by atoms with E-state index in [9.17, 15) is 4.79 Å². The van der Waals surface area contributed by atoms with Crippen molar-refractivity contribution >= 4 is 5.91 Å². The van der Waals surface area contributed by atoms with Crippen LogP contribution in [0.25, 0.3) is 0 Å². The van der Waals surface area contributed by atoms with Gasteiger partial charge < -0.3 is 14.8 Å². The Kier molecular flexibility index (Phi) is 5.80. The summed E-state index contributed by atoms with van der Waals surface area (Å²) in [6.07, 6.45) is 7.55. The first kappa shape index (κ1) is 14.8. The van der Waals surface area contributed by atoms with Gasteiger partial charge in [-0.15, -0.1) is 0 Å². The van der Waals surface area contributed by atoms with Gasteiger partial charge >= 0.3 is 0 Å². The third kappa shape index (κ3) is 4.49. The Morgan fingerprint density at radius 3 is 3.20 bits per heavy atom. The number of amides is 1. The smallest absolute Gasteiger partial charge is 0.251 e. The van der Waals surface area contributed by atoms with E-state index in [4.69, 9.17) is 9.47 Å². The van der Waals surface area contributed by atoms with Crippen LogP contribution in [0.5, 0.6) is 5.88 Å². The maximum Gasteiger partial charge on any atom is 0.251 e. The molecular formula is C15H22N2O3. The standard InChI is InChI=1S/C15H22N2O3/c1-19-14-11-12(7-9-16-14)15(18)17-8-3-2-5-13-6-4-10-20-13/h7,9,11,13H,2-6,8,10H2,1H3,(H,17,18)/t13-/m0/s1. The maximum atomic E-state index is 11.9. The van der Waals surface area contributed by atoms with E-state index >= 15 is 0 Å². The number of unbranched alkanes of at least 4 members (excludes halogenated alkanes) is 1. The number of methoxy groups -OCH3 is 1. The number of carbonyl (C=O) groups is 1. The lowest BCUT2D eigenvalue weighted by molar-refractivity contribution is 0.0946. The molecule has 1 aromatic rings. The highest BCUT2D eigenvalue weighted by Gasteiger charge is 2.14. The molecule has 5 nitrogen and oxygen atoms in total. The molecule has 5 heteroatoms. The van der Waals surface area contributed by atoms with Crippen LogP contribution in [0.1, 0.15) is 42.5 Å². The molecule has 20 heavy (non-hydrogen) atoms. The minimum atomic E-state index is -0.0807. The van der Waals surface area contributed by atoms with E-state index < -0.39 is 0 Å². The van der Waals surface area contributed by atoms with Crippen LogP contribution in [0.4, 0.5) is 0 Å². The predicted octanol–water partition coefficient (Wildman–Crippen LogP) is 2.17. The molecule has 2 heterocycles. The van der Waals surface area contributed by atoms with Crippen LogP contribution in [0.3, 0.4) is 0 Å². The average molecular weight is 278 g/mol. The van der Waals surface area contributed by atoms with Crippen molar-refractivity contribution in [2.24, 2.45) is 0 Å². The molecule has 1 amide bonds. The Bertz CT molecular complexity index is 431. The van der Waals surface area contributed by atoms with Gasteiger partial charge in [-0.1, -0.05) is 0 Å². The number of hydrogen-bond acceptors (Lipinski definition) is 4. The minimum absolute atomic E-state index is 0.0807. The molecule has 1 atom stereocenters. The zero-order chi connectivity index (χ0) is 14.2. The molecule has 0 aliphatic carbocycles. The number of nitrogens with one attached hydrogen (secondary N) is 1. The number of pyridine rings is 1. The van der Waals surface area contributed by atoms with Crippen LogP contribution >= 0.6 is 0 Å². The molecular weight excluding hydrogens is 256 g/mol. The molecule has 1 saturated heterocycles. The van der Waals surface area contributed by atoms with Crippen LogP contribution in [0.2, 0.25) is 0 Å². The first-order valence-corrected chi connectivity index (χ1v) is 7.19. The van der Waals surface area contributed by atoms with Gasteiger partial charge in [0.25, 0.3) is 5.91 Å². The fourth-order valence-electron chi connectivity index (χ4n) is 2.34. The van der Waals surface area contributed by atoms with Gasteiger partial charge in [-0.05, 0) is 38.2 Å². The summed E-state index contributed by atoms with van der Waals surface area (Å²) < 4.78 is 10.6. The second-order valence-corrected chi connectivity index (χ2v) is 4.97. The number of ether oxygens (including phenoxy) is 2. The lowest BCUT2D eigenvalue weighted by atomic mass is 10.1. The predicted molar refractivity (Wildman–Crippen MR) is 75.9 cm³/mol. The molecule has 1 N–H and O–H groups in total. The van der Waals surface area contributed by atoms with Crippen LogP contribution in [-0.4, -0.2) is 37.3 Å². The lowest BCUT2D eigenvalue weighted by Crippen LogP contribution is -2.24. The van der Waals surface area contributed by atoms with Gasteiger partial charge in [-0.2, -0.15) is 0 Å². The lowest BCUT2D eigenvalue weighted by Gasteiger charge is -2.09. The Hall–Kier alpha value is -1.62. The van der Waals surface area contributed by atoms with E-state index in [0.717, 1.165) is 25.9 Å². The van der Waals surface area contributed by atoms with Crippen LogP contribution < -0.4 is 10.1 Å². The van der Waals surface area contributed by atoms with E-state index in [-0.39, 0.29) is 5.91 Å². The van der Waals surface area contributed by atoms with Crippen molar-refractivity contribution in [2.75, 3.05) is 20.3 Å². The number of nitrogens with zero attached hydrogens (tertiary/aromatic N) is 1. The quantitative estimate of drug-likeness (QED) is 0.777. The topological polar surface area (TPSA) is 60.5 Å². The van der Waals surface area contributed by atoms with E-state index in [1.807, 2.05) is 0 Å². The van der Waals surface area contributed by atoms with Crippen molar-refractivity contribution in [1.82, 2.24) is 10.3 Å². The van der Waals surface area contributed by atoms with Gasteiger partial charge in [0.2, 0.25) is 5.88 Å². The highest BCUT2D eigenvalue weighted by molar-refractivity contribution is 5.94. The summed E-state index contributed by atoms with van der Waals surface area (Å²) in [6.45, 7) is 1.60. The second kappa shape index (κ2) is 7.85. The highest BCUT2D eigenvalue weighted by atomic mass is 16.5. The summed E-state index contributed by atoms with van der Waals surface area (Å²) >= 11 is 0. The van der Waals surface area contributed by atoms with Crippen LogP contribution in [0, 0.1) is 0 Å². The molecule has 0 bridgehead atoms. The highest BCUT2D eigenvalue weighted by Crippen LogP contribution is 2.17. The van der Waals surface area contributed by atoms with Gasteiger partial charge in [0, 0.05) is 31.0 Å². The summed E-state index contributed by atoms with van der Waals surface area (Å²) in [4.78, 5) is 15.9. The summed E-state index contributed by atoms with van der Waals surface area (Å²) in [5.74, 6) is 0.374. The van der Waals surface area contributed by atoms with Crippen molar-refractivity contribution < 1.29 is 14.3 Å². The Labute approximate surface area is 119 Å². The fourth-order valence-corrected chi connectivity index (χ4v) is 2.34. The Morgan fingerprint density at radius 1 is 1.55 bits per heavy atom. The van der Waals surface area contributed by atoms with Gasteiger partial charge in [0.15, 0.2) is 0 Å². The summed E-state index contributed by atoms with van der Waals surface area (Å²) in [5, 5.41) is 2.91. The molecule has 0 radical (unpaired) electrons. The molecule has 1 aliphatic rings. The maximum absolute atomic E-state index is 11.9. The molecule has 2 rings (SSSR count). The van der Waals surface area contributed by atoms with Crippen molar-refractivity contribution in [2.45, 2.75) is 38.2 Å². The van der Waals surface area contributed by atoms with Crippen LogP contribution in [-0.2, 0) is 4.74 Å². The first-order chi connectivity index (χ1) is 9.79. The van der Waals surface area contributed by atoms with Crippen molar-refractivity contribution in [3.8, 4) is 5.88 Å². The van der Waals surface area contributed by atoms with Gasteiger partial charge in [0.05, 0.1) is 13.2 Å². The number of rotatable bonds is 7. The summed E-state index contributed by atoms with van der Waals surface area (Å²) in [7, 11) is 1.54. The molecule has 1 aliphatic heterocycles. The third-order valence-electron chi connectivity index (χ3n) is 3.47. The zero-order valence-corrected chi connectivity index (χ0v) is 11.9. The van der Waals surface area contributed by atoms with Gasteiger partial charge in [-0.3, -0.25) is 4.79 Å². The largest absolute Gasteiger partial charge is 0.481 e. The molecule has 0 aromatic carbocycles. The summed E-state index contributed by atoms with van der Waals surface area (Å²) in [6, 6.07) is 3.33. The Morgan fingerprint density at radius 2 is 2.45 bits per heavy atom. The minimum Gasteiger partial charge on any atom is -0.481 e. The Balaban J connectivity index is 1.64.